The smallest absolute Gasteiger partial charge is 0.230 e. The second-order valence-electron chi connectivity index (χ2n) is 6.54. The van der Waals surface area contributed by atoms with Gasteiger partial charge in [0, 0.05) is 13.1 Å². The van der Waals surface area contributed by atoms with Gasteiger partial charge in [-0.15, -0.1) is 0 Å². The minimum atomic E-state index is -0.108. The lowest BCUT2D eigenvalue weighted by atomic mass is 9.94. The molecule has 0 fully saturated rings. The van der Waals surface area contributed by atoms with Gasteiger partial charge in [-0.2, -0.15) is 0 Å². The Kier molecular flexibility index (Phi) is 6.21. The van der Waals surface area contributed by atoms with Crippen molar-refractivity contribution in [2.24, 2.45) is 0 Å². The van der Waals surface area contributed by atoms with Gasteiger partial charge in [-0.1, -0.05) is 97.9 Å². The number of hydrogen-bond acceptors (Lipinski definition) is 1. The molecule has 0 aliphatic heterocycles. The predicted molar refractivity (Wildman–Crippen MR) is 107 cm³/mol. The molecule has 0 aliphatic carbocycles. The van der Waals surface area contributed by atoms with Crippen LogP contribution in [0.2, 0.25) is 0 Å². The van der Waals surface area contributed by atoms with Gasteiger partial charge in [0.05, 0.1) is 5.92 Å². The van der Waals surface area contributed by atoms with Crippen molar-refractivity contribution in [1.29, 1.82) is 0 Å². The molecular formula is C24H25NO. The molecule has 0 saturated carbocycles. The highest BCUT2D eigenvalue weighted by Gasteiger charge is 2.24. The van der Waals surface area contributed by atoms with Crippen LogP contribution in [-0.2, 0) is 17.9 Å². The van der Waals surface area contributed by atoms with E-state index in [-0.39, 0.29) is 11.8 Å². The molecule has 0 aliphatic rings. The van der Waals surface area contributed by atoms with Gasteiger partial charge in [0.2, 0.25) is 5.91 Å². The molecule has 1 atom stereocenters. The molecule has 3 aromatic rings. The third-order valence-corrected chi connectivity index (χ3v) is 4.65. The van der Waals surface area contributed by atoms with Crippen LogP contribution >= 0.6 is 0 Å². The topological polar surface area (TPSA) is 20.3 Å². The lowest BCUT2D eigenvalue weighted by Gasteiger charge is -2.27. The summed E-state index contributed by atoms with van der Waals surface area (Å²) in [7, 11) is 0. The van der Waals surface area contributed by atoms with Crippen LogP contribution in [0.3, 0.4) is 0 Å². The van der Waals surface area contributed by atoms with Crippen LogP contribution in [0, 0.1) is 0 Å². The van der Waals surface area contributed by atoms with Crippen molar-refractivity contribution in [3.63, 3.8) is 0 Å². The summed E-state index contributed by atoms with van der Waals surface area (Å²) in [5.74, 6) is 0.0787. The first-order chi connectivity index (χ1) is 12.8. The molecule has 0 heterocycles. The fourth-order valence-electron chi connectivity index (χ4n) is 3.28. The first kappa shape index (κ1) is 17.9. The summed E-state index contributed by atoms with van der Waals surface area (Å²) in [5, 5.41) is 0. The van der Waals surface area contributed by atoms with Crippen molar-refractivity contribution < 1.29 is 4.79 Å². The van der Waals surface area contributed by atoms with Crippen molar-refractivity contribution in [3.05, 3.63) is 108 Å². The maximum atomic E-state index is 13.4. The number of rotatable bonds is 7. The van der Waals surface area contributed by atoms with E-state index in [1.807, 2.05) is 59.5 Å². The molecule has 26 heavy (non-hydrogen) atoms. The fraction of sp³-hybridized carbons (Fsp3) is 0.208. The number of carbonyl (C=O) groups is 1. The van der Waals surface area contributed by atoms with E-state index in [1.165, 1.54) is 0 Å². The monoisotopic (exact) mass is 343 g/mol. The zero-order valence-electron chi connectivity index (χ0n) is 15.2. The van der Waals surface area contributed by atoms with Crippen LogP contribution < -0.4 is 0 Å². The number of carbonyl (C=O) groups excluding carboxylic acids is 1. The normalized spacial score (nSPS) is 11.7. The van der Waals surface area contributed by atoms with Gasteiger partial charge in [0.1, 0.15) is 0 Å². The minimum Gasteiger partial charge on any atom is -0.334 e. The predicted octanol–water partition coefficient (Wildman–Crippen LogP) is 5.41. The fourth-order valence-corrected chi connectivity index (χ4v) is 3.28. The molecule has 0 spiro atoms. The Balaban J connectivity index is 1.86. The molecule has 2 nitrogen and oxygen atoms in total. The number of amides is 1. The third kappa shape index (κ3) is 4.60. The maximum Gasteiger partial charge on any atom is 0.230 e. The molecule has 3 aromatic carbocycles. The molecule has 0 bridgehead atoms. The molecular weight excluding hydrogens is 318 g/mol. The van der Waals surface area contributed by atoms with E-state index in [2.05, 4.69) is 43.3 Å². The highest BCUT2D eigenvalue weighted by Crippen LogP contribution is 2.24. The molecule has 0 radical (unpaired) electrons. The van der Waals surface area contributed by atoms with E-state index >= 15 is 0 Å². The second kappa shape index (κ2) is 9.00. The molecule has 1 unspecified atom stereocenters. The van der Waals surface area contributed by atoms with E-state index < -0.39 is 0 Å². The van der Waals surface area contributed by atoms with Crippen molar-refractivity contribution in [2.75, 3.05) is 0 Å². The van der Waals surface area contributed by atoms with Crippen molar-refractivity contribution in [3.8, 4) is 0 Å². The van der Waals surface area contributed by atoms with E-state index in [0.717, 1.165) is 23.1 Å². The zero-order valence-corrected chi connectivity index (χ0v) is 15.2. The lowest BCUT2D eigenvalue weighted by molar-refractivity contribution is -0.134. The number of nitrogens with zero attached hydrogens (tertiary/aromatic N) is 1. The Hall–Kier alpha value is -2.87. The molecule has 2 heteroatoms. The lowest BCUT2D eigenvalue weighted by Crippen LogP contribution is -2.34. The van der Waals surface area contributed by atoms with E-state index in [1.54, 1.807) is 0 Å². The average Bonchev–Trinajstić information content (AvgIpc) is 2.70. The van der Waals surface area contributed by atoms with Crippen LogP contribution in [0.4, 0.5) is 0 Å². The van der Waals surface area contributed by atoms with E-state index in [0.29, 0.717) is 13.1 Å². The Morgan fingerprint density at radius 1 is 0.731 bits per heavy atom. The Morgan fingerprint density at radius 3 is 1.58 bits per heavy atom. The summed E-state index contributed by atoms with van der Waals surface area (Å²) in [6.45, 7) is 3.33. The standard InChI is InChI=1S/C24H25NO/c1-2-23(22-16-10-5-11-17-22)24(26)25(18-20-12-6-3-7-13-20)19-21-14-8-4-9-15-21/h3-17,23H,2,18-19H2,1H3. The minimum absolute atomic E-state index is 0.108. The molecule has 0 aromatic heterocycles. The summed E-state index contributed by atoms with van der Waals surface area (Å²) in [6.07, 6.45) is 0.795. The highest BCUT2D eigenvalue weighted by atomic mass is 16.2. The molecule has 3 rings (SSSR count). The van der Waals surface area contributed by atoms with Gasteiger partial charge in [-0.05, 0) is 23.1 Å². The zero-order chi connectivity index (χ0) is 18.2. The van der Waals surface area contributed by atoms with Crippen LogP contribution in [-0.4, -0.2) is 10.8 Å². The molecule has 132 valence electrons. The van der Waals surface area contributed by atoms with Crippen molar-refractivity contribution >= 4 is 5.91 Å². The Labute approximate surface area is 156 Å². The van der Waals surface area contributed by atoms with Crippen molar-refractivity contribution in [2.45, 2.75) is 32.4 Å². The van der Waals surface area contributed by atoms with E-state index in [4.69, 9.17) is 0 Å². The highest BCUT2D eigenvalue weighted by molar-refractivity contribution is 5.83. The van der Waals surface area contributed by atoms with Gasteiger partial charge < -0.3 is 4.90 Å². The Bertz CT molecular complexity index is 758. The van der Waals surface area contributed by atoms with Gasteiger partial charge in [0.25, 0.3) is 0 Å². The Morgan fingerprint density at radius 2 is 1.15 bits per heavy atom. The quantitative estimate of drug-likeness (QED) is 0.562. The van der Waals surface area contributed by atoms with Crippen LogP contribution in [0.25, 0.3) is 0 Å². The maximum absolute atomic E-state index is 13.4. The summed E-state index contributed by atoms with van der Waals surface area (Å²) < 4.78 is 0. The third-order valence-electron chi connectivity index (χ3n) is 4.65. The largest absolute Gasteiger partial charge is 0.334 e. The van der Waals surface area contributed by atoms with Gasteiger partial charge in [-0.25, -0.2) is 0 Å². The van der Waals surface area contributed by atoms with Gasteiger partial charge in [-0.3, -0.25) is 4.79 Å². The van der Waals surface area contributed by atoms with Crippen molar-refractivity contribution in [1.82, 2.24) is 4.90 Å². The summed E-state index contributed by atoms with van der Waals surface area (Å²) in [4.78, 5) is 15.4. The van der Waals surface area contributed by atoms with Gasteiger partial charge in [0.15, 0.2) is 0 Å². The van der Waals surface area contributed by atoms with Gasteiger partial charge >= 0.3 is 0 Å². The van der Waals surface area contributed by atoms with E-state index in [9.17, 15) is 4.79 Å². The van der Waals surface area contributed by atoms with Crippen LogP contribution in [0.15, 0.2) is 91.0 Å². The summed E-state index contributed by atoms with van der Waals surface area (Å²) >= 11 is 0. The first-order valence-corrected chi connectivity index (χ1v) is 9.19. The molecule has 1 amide bonds. The molecule has 0 N–H and O–H groups in total. The number of hydrogen-bond donors (Lipinski definition) is 0. The molecule has 0 saturated heterocycles. The summed E-state index contributed by atoms with van der Waals surface area (Å²) in [6, 6.07) is 30.5. The van der Waals surface area contributed by atoms with Crippen LogP contribution in [0.5, 0.6) is 0 Å². The SMILES string of the molecule is CCC(C(=O)N(Cc1ccccc1)Cc1ccccc1)c1ccccc1. The average molecular weight is 343 g/mol. The first-order valence-electron chi connectivity index (χ1n) is 9.19. The summed E-state index contributed by atoms with van der Waals surface area (Å²) in [5.41, 5.74) is 3.39. The van der Waals surface area contributed by atoms with Crippen LogP contribution in [0.1, 0.15) is 36.0 Å². The number of benzene rings is 3. The second-order valence-corrected chi connectivity index (χ2v) is 6.54.